The Balaban J connectivity index is 1.96. The number of aliphatic hydroxyl groups excluding tert-OH is 1. The first-order valence-electron chi connectivity index (χ1n) is 7.68. The van der Waals surface area contributed by atoms with E-state index < -0.39 is 6.10 Å². The summed E-state index contributed by atoms with van der Waals surface area (Å²) in [5.41, 5.74) is 0.287. The summed E-state index contributed by atoms with van der Waals surface area (Å²) in [5.74, 6) is 1.82. The third-order valence-electron chi connectivity index (χ3n) is 4.56. The molecule has 0 aromatic carbocycles. The molecule has 1 aromatic rings. The number of aliphatic hydroxyl groups is 1. The molecule has 1 aliphatic carbocycles. The number of hydrogen-bond donors (Lipinski definition) is 1. The molecule has 1 unspecified atom stereocenters. The molecule has 2 rings (SSSR count). The zero-order valence-electron chi connectivity index (χ0n) is 13.4. The van der Waals surface area contributed by atoms with Crippen LogP contribution in [0.2, 0.25) is 0 Å². The van der Waals surface area contributed by atoms with Crippen molar-refractivity contribution in [2.45, 2.75) is 78.7 Å². The van der Waals surface area contributed by atoms with Crippen LogP contribution in [-0.4, -0.2) is 21.4 Å². The maximum absolute atomic E-state index is 10.1. The van der Waals surface area contributed by atoms with Crippen molar-refractivity contribution in [1.29, 1.82) is 0 Å². The molecule has 1 aromatic heterocycles. The molecule has 1 saturated carbocycles. The summed E-state index contributed by atoms with van der Waals surface area (Å²) in [6.45, 7) is 10.7. The van der Waals surface area contributed by atoms with Crippen molar-refractivity contribution >= 4 is 0 Å². The first kappa shape index (κ1) is 15.5. The van der Waals surface area contributed by atoms with Crippen LogP contribution in [0, 0.1) is 10.8 Å². The molecule has 4 heteroatoms. The van der Waals surface area contributed by atoms with Gasteiger partial charge in [0.15, 0.2) is 5.82 Å². The smallest absolute Gasteiger partial charge is 0.229 e. The summed E-state index contributed by atoms with van der Waals surface area (Å²) in [6, 6.07) is 0. The Kier molecular flexibility index (Phi) is 4.24. The molecule has 1 aliphatic rings. The van der Waals surface area contributed by atoms with E-state index in [1.54, 1.807) is 0 Å². The van der Waals surface area contributed by atoms with Gasteiger partial charge in [0.05, 0.1) is 12.5 Å². The second kappa shape index (κ2) is 5.47. The van der Waals surface area contributed by atoms with Crippen LogP contribution in [0.25, 0.3) is 0 Å². The highest BCUT2D eigenvalue weighted by Crippen LogP contribution is 2.41. The van der Waals surface area contributed by atoms with Crippen molar-refractivity contribution in [3.63, 3.8) is 0 Å². The molecule has 1 N–H and O–H groups in total. The Morgan fingerprint density at radius 1 is 1.30 bits per heavy atom. The highest BCUT2D eigenvalue weighted by molar-refractivity contribution is 5.00. The van der Waals surface area contributed by atoms with E-state index in [4.69, 9.17) is 4.52 Å². The van der Waals surface area contributed by atoms with Crippen LogP contribution < -0.4 is 0 Å². The van der Waals surface area contributed by atoms with Gasteiger partial charge in [-0.15, -0.1) is 0 Å². The standard InChI is InChI=1S/C16H28N2O2/c1-15(2,3)12(19)10-13-17-14(18-20-13)11-6-8-16(4,5)9-7-11/h11-12,19H,6-10H2,1-5H3. The van der Waals surface area contributed by atoms with Crippen LogP contribution in [0.15, 0.2) is 4.52 Å². The SMILES string of the molecule is CC1(C)CCC(c2noc(CC(O)C(C)(C)C)n2)CC1. The predicted molar refractivity (Wildman–Crippen MR) is 78.5 cm³/mol. The minimum atomic E-state index is -0.457. The van der Waals surface area contributed by atoms with Crippen LogP contribution in [0.4, 0.5) is 0 Å². The third-order valence-corrected chi connectivity index (χ3v) is 4.56. The van der Waals surface area contributed by atoms with Crippen molar-refractivity contribution in [3.05, 3.63) is 11.7 Å². The van der Waals surface area contributed by atoms with Crippen LogP contribution in [0.1, 0.15) is 77.9 Å². The fourth-order valence-corrected chi connectivity index (χ4v) is 2.65. The maximum Gasteiger partial charge on any atom is 0.229 e. The zero-order chi connectivity index (χ0) is 15.0. The summed E-state index contributed by atoms with van der Waals surface area (Å²) in [6.07, 6.45) is 4.68. The lowest BCUT2D eigenvalue weighted by Gasteiger charge is -2.32. The Labute approximate surface area is 122 Å². The fourth-order valence-electron chi connectivity index (χ4n) is 2.65. The fraction of sp³-hybridized carbons (Fsp3) is 0.875. The minimum absolute atomic E-state index is 0.163. The molecule has 0 saturated heterocycles. The summed E-state index contributed by atoms with van der Waals surface area (Å²) in [4.78, 5) is 4.50. The van der Waals surface area contributed by atoms with E-state index in [9.17, 15) is 5.11 Å². The van der Waals surface area contributed by atoms with E-state index in [0.29, 0.717) is 23.6 Å². The van der Waals surface area contributed by atoms with Gasteiger partial charge in [-0.3, -0.25) is 0 Å². The summed E-state index contributed by atoms with van der Waals surface area (Å²) >= 11 is 0. The largest absolute Gasteiger partial charge is 0.392 e. The molecule has 4 nitrogen and oxygen atoms in total. The second-order valence-corrected chi connectivity index (χ2v) is 8.07. The van der Waals surface area contributed by atoms with E-state index in [-0.39, 0.29) is 5.41 Å². The average molecular weight is 280 g/mol. The number of rotatable bonds is 3. The summed E-state index contributed by atoms with van der Waals surface area (Å²) < 4.78 is 5.31. The molecule has 0 radical (unpaired) electrons. The number of hydrogen-bond acceptors (Lipinski definition) is 4. The minimum Gasteiger partial charge on any atom is -0.392 e. The van der Waals surface area contributed by atoms with Crippen molar-refractivity contribution in [1.82, 2.24) is 10.1 Å². The molecular formula is C16H28N2O2. The van der Waals surface area contributed by atoms with Gasteiger partial charge in [-0.1, -0.05) is 39.8 Å². The number of nitrogens with zero attached hydrogens (tertiary/aromatic N) is 2. The number of aromatic nitrogens is 2. The van der Waals surface area contributed by atoms with Gasteiger partial charge in [-0.25, -0.2) is 0 Å². The molecule has 0 aliphatic heterocycles. The van der Waals surface area contributed by atoms with E-state index in [2.05, 4.69) is 24.0 Å². The molecule has 1 fully saturated rings. The molecule has 20 heavy (non-hydrogen) atoms. The predicted octanol–water partition coefficient (Wildman–Crippen LogP) is 3.70. The molecule has 0 amide bonds. The van der Waals surface area contributed by atoms with E-state index >= 15 is 0 Å². The van der Waals surface area contributed by atoms with Crippen molar-refractivity contribution in [2.24, 2.45) is 10.8 Å². The molecule has 1 heterocycles. The lowest BCUT2D eigenvalue weighted by atomic mass is 9.73. The highest BCUT2D eigenvalue weighted by atomic mass is 16.5. The lowest BCUT2D eigenvalue weighted by molar-refractivity contribution is 0.0565. The van der Waals surface area contributed by atoms with Gasteiger partial charge >= 0.3 is 0 Å². The second-order valence-electron chi connectivity index (χ2n) is 8.07. The van der Waals surface area contributed by atoms with Gasteiger partial charge in [0.2, 0.25) is 5.89 Å². The monoisotopic (exact) mass is 280 g/mol. The molecule has 0 spiro atoms. The first-order chi connectivity index (χ1) is 9.17. The molecule has 1 atom stereocenters. The van der Waals surface area contributed by atoms with Crippen molar-refractivity contribution in [2.75, 3.05) is 0 Å². The Morgan fingerprint density at radius 2 is 1.90 bits per heavy atom. The quantitative estimate of drug-likeness (QED) is 0.917. The van der Waals surface area contributed by atoms with Crippen molar-refractivity contribution in [3.8, 4) is 0 Å². The van der Waals surface area contributed by atoms with Gasteiger partial charge in [0.1, 0.15) is 0 Å². The molecule has 114 valence electrons. The van der Waals surface area contributed by atoms with Crippen LogP contribution in [-0.2, 0) is 6.42 Å². The van der Waals surface area contributed by atoms with Crippen LogP contribution in [0.5, 0.6) is 0 Å². The highest BCUT2D eigenvalue weighted by Gasteiger charge is 2.31. The first-order valence-corrected chi connectivity index (χ1v) is 7.68. The van der Waals surface area contributed by atoms with Crippen molar-refractivity contribution < 1.29 is 9.63 Å². The van der Waals surface area contributed by atoms with E-state index in [1.807, 2.05) is 20.8 Å². The summed E-state index contributed by atoms with van der Waals surface area (Å²) in [7, 11) is 0. The van der Waals surface area contributed by atoms with Gasteiger partial charge in [-0.05, 0) is 36.5 Å². The third kappa shape index (κ3) is 3.81. The topological polar surface area (TPSA) is 59.2 Å². The summed E-state index contributed by atoms with van der Waals surface area (Å²) in [5, 5.41) is 14.2. The Morgan fingerprint density at radius 3 is 2.45 bits per heavy atom. The van der Waals surface area contributed by atoms with Gasteiger partial charge in [0, 0.05) is 5.92 Å². The van der Waals surface area contributed by atoms with Crippen LogP contribution >= 0.6 is 0 Å². The van der Waals surface area contributed by atoms with E-state index in [0.717, 1.165) is 18.7 Å². The van der Waals surface area contributed by atoms with Crippen LogP contribution in [0.3, 0.4) is 0 Å². The Bertz CT molecular complexity index is 436. The normalized spacial score (nSPS) is 21.9. The van der Waals surface area contributed by atoms with Gasteiger partial charge in [0.25, 0.3) is 0 Å². The lowest BCUT2D eigenvalue weighted by Crippen LogP contribution is -2.28. The van der Waals surface area contributed by atoms with Gasteiger partial charge < -0.3 is 9.63 Å². The van der Waals surface area contributed by atoms with E-state index in [1.165, 1.54) is 12.8 Å². The Hall–Kier alpha value is -0.900. The van der Waals surface area contributed by atoms with Gasteiger partial charge in [-0.2, -0.15) is 4.98 Å². The average Bonchev–Trinajstić information content (AvgIpc) is 2.76. The molecule has 0 bridgehead atoms. The zero-order valence-corrected chi connectivity index (χ0v) is 13.4. The molecular weight excluding hydrogens is 252 g/mol. The maximum atomic E-state index is 10.1.